The number of nitrogens with zero attached hydrogens (tertiary/aromatic N) is 1. The van der Waals surface area contributed by atoms with Gasteiger partial charge in [0, 0.05) is 6.04 Å². The van der Waals surface area contributed by atoms with Crippen LogP contribution in [-0.4, -0.2) is 37.6 Å². The lowest BCUT2D eigenvalue weighted by Crippen LogP contribution is -2.23. The summed E-state index contributed by atoms with van der Waals surface area (Å²) in [5, 5.41) is 3.49. The molecule has 0 radical (unpaired) electrons. The first kappa shape index (κ1) is 13.0. The van der Waals surface area contributed by atoms with E-state index in [9.17, 15) is 0 Å². The zero-order valence-electron chi connectivity index (χ0n) is 10.8. The molecule has 0 amide bonds. The molecule has 90 valence electrons. The number of rotatable bonds is 9. The Labute approximate surface area is 95.4 Å². The average molecular weight is 212 g/mol. The van der Waals surface area contributed by atoms with E-state index < -0.39 is 0 Å². The van der Waals surface area contributed by atoms with Crippen molar-refractivity contribution < 1.29 is 0 Å². The maximum absolute atomic E-state index is 3.49. The van der Waals surface area contributed by atoms with Crippen molar-refractivity contribution in [1.29, 1.82) is 0 Å². The molecule has 0 spiro atoms. The third-order valence-corrected chi connectivity index (χ3v) is 3.09. The number of hydrogen-bond acceptors (Lipinski definition) is 2. The summed E-state index contributed by atoms with van der Waals surface area (Å²) < 4.78 is 0. The third kappa shape index (κ3) is 6.91. The molecule has 0 saturated heterocycles. The van der Waals surface area contributed by atoms with Crippen molar-refractivity contribution in [3.8, 4) is 0 Å². The fraction of sp³-hybridized carbons (Fsp3) is 1.00. The molecule has 2 heteroatoms. The molecule has 1 saturated carbocycles. The molecule has 1 aliphatic rings. The van der Waals surface area contributed by atoms with Crippen molar-refractivity contribution in [2.24, 2.45) is 5.92 Å². The second kappa shape index (κ2) is 7.24. The van der Waals surface area contributed by atoms with Gasteiger partial charge in [0.1, 0.15) is 0 Å². The average Bonchev–Trinajstić information content (AvgIpc) is 2.98. The van der Waals surface area contributed by atoms with Crippen LogP contribution in [0.15, 0.2) is 0 Å². The minimum Gasteiger partial charge on any atom is -0.316 e. The molecular weight excluding hydrogens is 184 g/mol. The normalized spacial score (nSPS) is 16.6. The zero-order chi connectivity index (χ0) is 11.1. The minimum absolute atomic E-state index is 0.783. The Morgan fingerprint density at radius 3 is 2.53 bits per heavy atom. The predicted octanol–water partition coefficient (Wildman–Crippen LogP) is 2.50. The van der Waals surface area contributed by atoms with Crippen LogP contribution in [0, 0.1) is 5.92 Å². The summed E-state index contributed by atoms with van der Waals surface area (Å²) in [7, 11) is 2.27. The number of nitrogens with one attached hydrogen (secondary N) is 1. The highest BCUT2D eigenvalue weighted by Gasteiger charge is 2.25. The third-order valence-electron chi connectivity index (χ3n) is 3.09. The fourth-order valence-electron chi connectivity index (χ4n) is 1.88. The van der Waals surface area contributed by atoms with Crippen LogP contribution in [-0.2, 0) is 0 Å². The van der Waals surface area contributed by atoms with Crippen LogP contribution in [0.1, 0.15) is 46.0 Å². The highest BCUT2D eigenvalue weighted by atomic mass is 15.1. The molecule has 1 rings (SSSR count). The zero-order valence-corrected chi connectivity index (χ0v) is 10.8. The van der Waals surface area contributed by atoms with E-state index >= 15 is 0 Å². The van der Waals surface area contributed by atoms with Gasteiger partial charge in [0.05, 0.1) is 0 Å². The molecule has 0 aromatic rings. The van der Waals surface area contributed by atoms with Crippen LogP contribution in [0.2, 0.25) is 0 Å². The molecule has 1 fully saturated rings. The molecule has 15 heavy (non-hydrogen) atoms. The first-order valence-electron chi connectivity index (χ1n) is 6.61. The monoisotopic (exact) mass is 212 g/mol. The minimum atomic E-state index is 0.783. The van der Waals surface area contributed by atoms with E-state index in [-0.39, 0.29) is 0 Å². The van der Waals surface area contributed by atoms with Gasteiger partial charge in [-0.2, -0.15) is 0 Å². The van der Waals surface area contributed by atoms with Crippen molar-refractivity contribution in [3.05, 3.63) is 0 Å². The Hall–Kier alpha value is -0.0800. The maximum atomic E-state index is 3.49. The lowest BCUT2D eigenvalue weighted by Gasteiger charge is -2.15. The van der Waals surface area contributed by atoms with Gasteiger partial charge >= 0.3 is 0 Å². The van der Waals surface area contributed by atoms with Gasteiger partial charge in [0.15, 0.2) is 0 Å². The number of unbranched alkanes of at least 4 members (excludes halogenated alkanes) is 2. The van der Waals surface area contributed by atoms with E-state index in [1.54, 1.807) is 0 Å². The topological polar surface area (TPSA) is 15.3 Å². The van der Waals surface area contributed by atoms with Gasteiger partial charge in [-0.3, -0.25) is 0 Å². The first-order valence-corrected chi connectivity index (χ1v) is 6.61. The van der Waals surface area contributed by atoms with E-state index in [0.717, 1.165) is 12.0 Å². The van der Waals surface area contributed by atoms with Crippen molar-refractivity contribution >= 4 is 0 Å². The maximum Gasteiger partial charge on any atom is 0.00933 e. The van der Waals surface area contributed by atoms with E-state index in [1.165, 1.54) is 51.7 Å². The van der Waals surface area contributed by atoms with Gasteiger partial charge in [-0.25, -0.2) is 0 Å². The Morgan fingerprint density at radius 1 is 1.20 bits per heavy atom. The lowest BCUT2D eigenvalue weighted by molar-refractivity contribution is 0.314. The summed E-state index contributed by atoms with van der Waals surface area (Å²) in [4.78, 5) is 2.53. The second-order valence-electron chi connectivity index (χ2n) is 5.37. The van der Waals surface area contributed by atoms with Crippen molar-refractivity contribution in [3.63, 3.8) is 0 Å². The molecule has 1 N–H and O–H groups in total. The molecule has 1 aliphatic carbocycles. The molecule has 0 aromatic carbocycles. The highest BCUT2D eigenvalue weighted by molar-refractivity contribution is 4.82. The quantitative estimate of drug-likeness (QED) is 0.591. The Kier molecular flexibility index (Phi) is 6.26. The first-order chi connectivity index (χ1) is 7.20. The van der Waals surface area contributed by atoms with E-state index in [2.05, 4.69) is 31.1 Å². The smallest absolute Gasteiger partial charge is 0.00933 e. The van der Waals surface area contributed by atoms with Crippen molar-refractivity contribution in [2.75, 3.05) is 26.7 Å². The molecule has 0 heterocycles. The molecule has 0 atom stereocenters. The van der Waals surface area contributed by atoms with E-state index in [0.29, 0.717) is 0 Å². The van der Waals surface area contributed by atoms with Gasteiger partial charge in [0.25, 0.3) is 0 Å². The highest BCUT2D eigenvalue weighted by Crippen LogP contribution is 2.25. The molecule has 0 aliphatic heterocycles. The van der Waals surface area contributed by atoms with Crippen molar-refractivity contribution in [2.45, 2.75) is 52.0 Å². The molecule has 0 aromatic heterocycles. The van der Waals surface area contributed by atoms with Crippen LogP contribution in [0.25, 0.3) is 0 Å². The van der Waals surface area contributed by atoms with Gasteiger partial charge in [-0.15, -0.1) is 0 Å². The molecule has 0 bridgehead atoms. The SMILES string of the molecule is CC(C)CNCCCCCN(C)C1CC1. The second-order valence-corrected chi connectivity index (χ2v) is 5.37. The number of hydrogen-bond donors (Lipinski definition) is 1. The largest absolute Gasteiger partial charge is 0.316 e. The van der Waals surface area contributed by atoms with Gasteiger partial charge in [0.2, 0.25) is 0 Å². The van der Waals surface area contributed by atoms with Crippen LogP contribution >= 0.6 is 0 Å². The van der Waals surface area contributed by atoms with Gasteiger partial charge in [-0.05, 0) is 58.3 Å². The Balaban J connectivity index is 1.76. The van der Waals surface area contributed by atoms with Crippen LogP contribution < -0.4 is 5.32 Å². The lowest BCUT2D eigenvalue weighted by atomic mass is 10.2. The summed E-state index contributed by atoms with van der Waals surface area (Å²) in [6.07, 6.45) is 6.96. The Bertz CT molecular complexity index is 153. The summed E-state index contributed by atoms with van der Waals surface area (Å²) in [6.45, 7) is 8.19. The summed E-state index contributed by atoms with van der Waals surface area (Å²) in [5.41, 5.74) is 0. The van der Waals surface area contributed by atoms with Gasteiger partial charge in [-0.1, -0.05) is 20.3 Å². The van der Waals surface area contributed by atoms with Crippen LogP contribution in [0.3, 0.4) is 0 Å². The van der Waals surface area contributed by atoms with E-state index in [1.807, 2.05) is 0 Å². The summed E-state index contributed by atoms with van der Waals surface area (Å²) in [6, 6.07) is 0.934. The standard InChI is InChI=1S/C13H28N2/c1-12(2)11-14-9-5-4-6-10-15(3)13-7-8-13/h12-14H,4-11H2,1-3H3. The van der Waals surface area contributed by atoms with Gasteiger partial charge < -0.3 is 10.2 Å². The molecule has 0 unspecified atom stereocenters. The van der Waals surface area contributed by atoms with Crippen LogP contribution in [0.5, 0.6) is 0 Å². The predicted molar refractivity (Wildman–Crippen MR) is 67.2 cm³/mol. The van der Waals surface area contributed by atoms with Crippen molar-refractivity contribution in [1.82, 2.24) is 10.2 Å². The summed E-state index contributed by atoms with van der Waals surface area (Å²) >= 11 is 0. The van der Waals surface area contributed by atoms with E-state index in [4.69, 9.17) is 0 Å². The molecular formula is C13H28N2. The molecule has 2 nitrogen and oxygen atoms in total. The fourth-order valence-corrected chi connectivity index (χ4v) is 1.88. The van der Waals surface area contributed by atoms with Crippen LogP contribution in [0.4, 0.5) is 0 Å². The Morgan fingerprint density at radius 2 is 1.93 bits per heavy atom. The summed E-state index contributed by atoms with van der Waals surface area (Å²) in [5.74, 6) is 0.783.